The van der Waals surface area contributed by atoms with Gasteiger partial charge in [0.2, 0.25) is 0 Å². The summed E-state index contributed by atoms with van der Waals surface area (Å²) in [6, 6.07) is 12.9. The Hall–Kier alpha value is -2.82. The van der Waals surface area contributed by atoms with E-state index in [0.717, 1.165) is 11.1 Å². The fourth-order valence-electron chi connectivity index (χ4n) is 2.70. The average molecular weight is 324 g/mol. The van der Waals surface area contributed by atoms with E-state index in [2.05, 4.69) is 5.32 Å². The number of ether oxygens (including phenoxy) is 1. The molecule has 1 aliphatic rings. The smallest absolute Gasteiger partial charge is 0.280 e. The highest BCUT2D eigenvalue weighted by Crippen LogP contribution is 2.38. The number of amides is 2. The number of carbonyl (C=O) groups is 2. The molecule has 0 aliphatic carbocycles. The largest absolute Gasteiger partial charge is 0.465 e. The van der Waals surface area contributed by atoms with Crippen molar-refractivity contribution in [3.8, 4) is 5.75 Å². The number of nitrogens with zero attached hydrogens (tertiary/aromatic N) is 1. The van der Waals surface area contributed by atoms with Gasteiger partial charge in [0.05, 0.1) is 5.69 Å². The Kier molecular flexibility index (Phi) is 3.79. The highest BCUT2D eigenvalue weighted by molar-refractivity contribution is 6.19. The van der Waals surface area contributed by atoms with Gasteiger partial charge in [0.15, 0.2) is 0 Å². The Morgan fingerprint density at radius 3 is 2.38 bits per heavy atom. The molecule has 0 spiro atoms. The maximum absolute atomic E-state index is 12.7. The van der Waals surface area contributed by atoms with Crippen LogP contribution in [-0.4, -0.2) is 24.5 Å². The van der Waals surface area contributed by atoms with Gasteiger partial charge in [-0.1, -0.05) is 23.8 Å². The van der Waals surface area contributed by atoms with Crippen molar-refractivity contribution >= 4 is 23.2 Å². The second-order valence-electron chi connectivity index (χ2n) is 6.29. The van der Waals surface area contributed by atoms with Gasteiger partial charge in [0.1, 0.15) is 5.75 Å². The van der Waals surface area contributed by atoms with Crippen LogP contribution in [0.2, 0.25) is 0 Å². The Balaban J connectivity index is 1.91. The number of rotatable bonds is 2. The van der Waals surface area contributed by atoms with Crippen LogP contribution in [0.4, 0.5) is 11.4 Å². The van der Waals surface area contributed by atoms with E-state index in [9.17, 15) is 9.59 Å². The van der Waals surface area contributed by atoms with Crippen molar-refractivity contribution in [1.29, 1.82) is 0 Å². The van der Waals surface area contributed by atoms with Gasteiger partial charge in [0, 0.05) is 12.7 Å². The second kappa shape index (κ2) is 5.67. The normalized spacial score (nSPS) is 19.5. The highest BCUT2D eigenvalue weighted by atomic mass is 16.5. The van der Waals surface area contributed by atoms with Gasteiger partial charge in [-0.3, -0.25) is 9.59 Å². The van der Waals surface area contributed by atoms with Crippen molar-refractivity contribution in [3.05, 3.63) is 53.6 Å². The minimum Gasteiger partial charge on any atom is -0.465 e. The summed E-state index contributed by atoms with van der Waals surface area (Å²) in [5.41, 5.74) is 1.79. The quantitative estimate of drug-likeness (QED) is 0.864. The lowest BCUT2D eigenvalue weighted by molar-refractivity contribution is -0.144. The lowest BCUT2D eigenvalue weighted by Gasteiger charge is -2.38. The zero-order chi connectivity index (χ0) is 17.5. The minimum absolute atomic E-state index is 0.398. The predicted molar refractivity (Wildman–Crippen MR) is 93.4 cm³/mol. The third-order valence-corrected chi connectivity index (χ3v) is 4.25. The van der Waals surface area contributed by atoms with Gasteiger partial charge in [-0.2, -0.15) is 0 Å². The van der Waals surface area contributed by atoms with E-state index in [1.807, 2.05) is 38.1 Å². The maximum Gasteiger partial charge on any atom is 0.280 e. The first kappa shape index (κ1) is 16.1. The SMILES string of the molecule is Cc1ccc(NC(=O)C2(C)Oc3ccc(C)cc3N(C)C2=O)cc1. The summed E-state index contributed by atoms with van der Waals surface area (Å²) in [5.74, 6) is -0.371. The van der Waals surface area contributed by atoms with Crippen molar-refractivity contribution in [1.82, 2.24) is 0 Å². The van der Waals surface area contributed by atoms with Crippen molar-refractivity contribution in [3.63, 3.8) is 0 Å². The summed E-state index contributed by atoms with van der Waals surface area (Å²) in [7, 11) is 1.65. The lowest BCUT2D eigenvalue weighted by Crippen LogP contribution is -2.59. The zero-order valence-corrected chi connectivity index (χ0v) is 14.2. The summed E-state index contributed by atoms with van der Waals surface area (Å²) in [6.07, 6.45) is 0. The number of hydrogen-bond donors (Lipinski definition) is 1. The number of carbonyl (C=O) groups excluding carboxylic acids is 2. The molecule has 5 nitrogen and oxygen atoms in total. The molecule has 1 N–H and O–H groups in total. The highest BCUT2D eigenvalue weighted by Gasteiger charge is 2.49. The number of aryl methyl sites for hydroxylation is 2. The lowest BCUT2D eigenvalue weighted by atomic mass is 9.99. The molecule has 0 fully saturated rings. The molecule has 1 aliphatic heterocycles. The molecule has 24 heavy (non-hydrogen) atoms. The summed E-state index contributed by atoms with van der Waals surface area (Å²) >= 11 is 0. The van der Waals surface area contributed by atoms with Crippen LogP contribution in [0.5, 0.6) is 5.75 Å². The summed E-state index contributed by atoms with van der Waals surface area (Å²) in [4.78, 5) is 26.9. The monoisotopic (exact) mass is 324 g/mol. The number of fused-ring (bicyclic) bond motifs is 1. The Bertz CT molecular complexity index is 814. The van der Waals surface area contributed by atoms with Crippen LogP contribution in [0.25, 0.3) is 0 Å². The third-order valence-electron chi connectivity index (χ3n) is 4.25. The van der Waals surface area contributed by atoms with Gasteiger partial charge in [-0.05, 0) is 50.6 Å². The molecule has 2 amide bonds. The van der Waals surface area contributed by atoms with E-state index in [1.54, 1.807) is 25.2 Å². The molecule has 2 aromatic rings. The zero-order valence-electron chi connectivity index (χ0n) is 14.2. The van der Waals surface area contributed by atoms with Crippen LogP contribution in [0.3, 0.4) is 0 Å². The van der Waals surface area contributed by atoms with Crippen LogP contribution >= 0.6 is 0 Å². The fraction of sp³-hybridized carbons (Fsp3) is 0.263. The van der Waals surface area contributed by atoms with Gasteiger partial charge < -0.3 is 15.0 Å². The molecule has 0 bridgehead atoms. The number of anilines is 2. The van der Waals surface area contributed by atoms with Crippen molar-refractivity contribution in [2.24, 2.45) is 0 Å². The third kappa shape index (κ3) is 2.62. The molecule has 0 aromatic heterocycles. The van der Waals surface area contributed by atoms with Gasteiger partial charge in [0.25, 0.3) is 17.4 Å². The molecule has 5 heteroatoms. The number of benzene rings is 2. The molecular formula is C19H20N2O3. The first-order chi connectivity index (χ1) is 11.3. The van der Waals surface area contributed by atoms with Crippen molar-refractivity contribution < 1.29 is 14.3 Å². The summed E-state index contributed by atoms with van der Waals surface area (Å²) in [5, 5.41) is 2.76. The molecule has 2 aromatic carbocycles. The van der Waals surface area contributed by atoms with E-state index < -0.39 is 17.4 Å². The average Bonchev–Trinajstić information content (AvgIpc) is 2.56. The summed E-state index contributed by atoms with van der Waals surface area (Å²) < 4.78 is 5.81. The minimum atomic E-state index is -1.61. The van der Waals surface area contributed by atoms with E-state index in [-0.39, 0.29) is 0 Å². The Morgan fingerprint density at radius 2 is 1.71 bits per heavy atom. The summed E-state index contributed by atoms with van der Waals surface area (Å²) in [6.45, 7) is 5.41. The Labute approximate surface area is 141 Å². The van der Waals surface area contributed by atoms with E-state index >= 15 is 0 Å². The second-order valence-corrected chi connectivity index (χ2v) is 6.29. The van der Waals surface area contributed by atoms with E-state index in [1.165, 1.54) is 11.8 Å². The standard InChI is InChI=1S/C19H20N2O3/c1-12-5-8-14(9-6-12)20-17(22)19(3)18(23)21(4)15-11-13(2)7-10-16(15)24-19/h5-11H,1-4H3,(H,20,22). The molecule has 1 atom stereocenters. The molecule has 0 saturated heterocycles. The maximum atomic E-state index is 12.7. The van der Waals surface area contributed by atoms with Gasteiger partial charge >= 0.3 is 0 Å². The van der Waals surface area contributed by atoms with Crippen LogP contribution < -0.4 is 15.0 Å². The first-order valence-electron chi connectivity index (χ1n) is 7.77. The molecule has 0 radical (unpaired) electrons. The molecule has 1 unspecified atom stereocenters. The number of likely N-dealkylation sites (N-methyl/N-ethyl adjacent to an activating group) is 1. The van der Waals surface area contributed by atoms with Crippen LogP contribution in [0.15, 0.2) is 42.5 Å². The first-order valence-corrected chi connectivity index (χ1v) is 7.77. The fourth-order valence-corrected chi connectivity index (χ4v) is 2.70. The van der Waals surface area contributed by atoms with Crippen LogP contribution in [0.1, 0.15) is 18.1 Å². The van der Waals surface area contributed by atoms with Gasteiger partial charge in [-0.15, -0.1) is 0 Å². The predicted octanol–water partition coefficient (Wildman–Crippen LogP) is 3.06. The van der Waals surface area contributed by atoms with Crippen LogP contribution in [-0.2, 0) is 9.59 Å². The number of nitrogens with one attached hydrogen (secondary N) is 1. The van der Waals surface area contributed by atoms with E-state index in [4.69, 9.17) is 4.74 Å². The Morgan fingerprint density at radius 1 is 1.08 bits per heavy atom. The molecular weight excluding hydrogens is 304 g/mol. The molecule has 124 valence electrons. The topological polar surface area (TPSA) is 58.6 Å². The molecule has 1 heterocycles. The van der Waals surface area contributed by atoms with Crippen molar-refractivity contribution in [2.45, 2.75) is 26.4 Å². The molecule has 3 rings (SSSR count). The molecule has 0 saturated carbocycles. The van der Waals surface area contributed by atoms with Gasteiger partial charge in [-0.25, -0.2) is 0 Å². The van der Waals surface area contributed by atoms with E-state index in [0.29, 0.717) is 17.1 Å². The van der Waals surface area contributed by atoms with Crippen LogP contribution in [0, 0.1) is 13.8 Å². The van der Waals surface area contributed by atoms with Crippen molar-refractivity contribution in [2.75, 3.05) is 17.3 Å². The number of hydrogen-bond acceptors (Lipinski definition) is 3.